The van der Waals surface area contributed by atoms with E-state index < -0.39 is 17.2 Å². The Balaban J connectivity index is 2.97. The Kier molecular flexibility index (Phi) is 4.22. The summed E-state index contributed by atoms with van der Waals surface area (Å²) < 4.78 is 0. The van der Waals surface area contributed by atoms with E-state index >= 15 is 0 Å². The van der Waals surface area contributed by atoms with Crippen molar-refractivity contribution in [3.8, 4) is 0 Å². The lowest BCUT2D eigenvalue weighted by Gasteiger charge is -2.31. The van der Waals surface area contributed by atoms with E-state index in [1.165, 1.54) is 0 Å². The van der Waals surface area contributed by atoms with Gasteiger partial charge in [-0.15, -0.1) is 0 Å². The number of carbonyl (C=O) groups is 2. The second-order valence-electron chi connectivity index (χ2n) is 4.74. The number of nitrogens with zero attached hydrogens (tertiary/aromatic N) is 1. The highest BCUT2D eigenvalue weighted by atomic mass is 16.3. The maximum atomic E-state index is 11.9. The molecule has 1 aliphatic heterocycles. The average Bonchev–Trinajstić information content (AvgIpc) is 2.21. The number of hydrogen-bond donors (Lipinski definition) is 3. The Morgan fingerprint density at radius 1 is 1.41 bits per heavy atom. The molecule has 1 atom stereocenters. The fourth-order valence-corrected chi connectivity index (χ4v) is 1.87. The molecule has 0 aliphatic carbocycles. The first-order valence-corrected chi connectivity index (χ1v) is 5.73. The predicted molar refractivity (Wildman–Crippen MR) is 63.0 cm³/mol. The number of nitrogens with one attached hydrogen (secondary N) is 1. The number of aliphatic hydroxyl groups is 1. The van der Waals surface area contributed by atoms with Crippen LogP contribution in [-0.4, -0.2) is 29.5 Å². The van der Waals surface area contributed by atoms with Crippen LogP contribution in [0.3, 0.4) is 0 Å². The van der Waals surface area contributed by atoms with Gasteiger partial charge in [0.25, 0.3) is 5.91 Å². The van der Waals surface area contributed by atoms with Gasteiger partial charge in [0.1, 0.15) is 5.41 Å². The van der Waals surface area contributed by atoms with E-state index in [1.807, 2.05) is 13.8 Å². The lowest BCUT2D eigenvalue weighted by Crippen LogP contribution is -2.55. The number of aliphatic imine (C=N–C) groups is 1. The molecule has 0 fully saturated rings. The third-order valence-electron chi connectivity index (χ3n) is 2.99. The van der Waals surface area contributed by atoms with Crippen molar-refractivity contribution in [2.24, 2.45) is 22.1 Å². The summed E-state index contributed by atoms with van der Waals surface area (Å²) in [4.78, 5) is 27.4. The highest BCUT2D eigenvalue weighted by Crippen LogP contribution is 2.33. The molecule has 2 amide bonds. The molecule has 96 valence electrons. The number of hydrogen-bond acceptors (Lipinski definition) is 4. The van der Waals surface area contributed by atoms with Gasteiger partial charge in [0.05, 0.1) is 0 Å². The summed E-state index contributed by atoms with van der Waals surface area (Å²) in [6.45, 7) is 3.79. The van der Waals surface area contributed by atoms with E-state index in [0.29, 0.717) is 18.8 Å². The summed E-state index contributed by atoms with van der Waals surface area (Å²) in [6, 6.07) is 0. The van der Waals surface area contributed by atoms with Gasteiger partial charge in [-0.05, 0) is 25.2 Å². The molecule has 6 nitrogen and oxygen atoms in total. The van der Waals surface area contributed by atoms with Crippen molar-refractivity contribution in [2.75, 3.05) is 6.61 Å². The molecule has 0 aromatic rings. The minimum atomic E-state index is -1.25. The molecule has 17 heavy (non-hydrogen) atoms. The summed E-state index contributed by atoms with van der Waals surface area (Å²) in [5.74, 6) is -0.800. The van der Waals surface area contributed by atoms with Gasteiger partial charge in [-0.1, -0.05) is 13.8 Å². The molecule has 0 aromatic heterocycles. The normalized spacial score (nSPS) is 24.8. The lowest BCUT2D eigenvalue weighted by molar-refractivity contribution is -0.143. The van der Waals surface area contributed by atoms with E-state index in [4.69, 9.17) is 10.8 Å². The largest absolute Gasteiger partial charge is 0.396 e. The summed E-state index contributed by atoms with van der Waals surface area (Å²) >= 11 is 0. The van der Waals surface area contributed by atoms with E-state index in [1.54, 1.807) is 0 Å². The highest BCUT2D eigenvalue weighted by Gasteiger charge is 2.47. The van der Waals surface area contributed by atoms with Gasteiger partial charge >= 0.3 is 0 Å². The van der Waals surface area contributed by atoms with Crippen molar-refractivity contribution in [3.63, 3.8) is 0 Å². The smallest absolute Gasteiger partial charge is 0.264 e. The second kappa shape index (κ2) is 5.27. The molecule has 4 N–H and O–H groups in total. The molecule has 0 spiro atoms. The Hall–Kier alpha value is -1.43. The molecular weight excluding hydrogens is 222 g/mol. The topological polar surface area (TPSA) is 105 Å². The van der Waals surface area contributed by atoms with Crippen LogP contribution < -0.4 is 11.1 Å². The zero-order valence-corrected chi connectivity index (χ0v) is 10.2. The van der Waals surface area contributed by atoms with Gasteiger partial charge in [0.2, 0.25) is 11.9 Å². The molecule has 0 radical (unpaired) electrons. The van der Waals surface area contributed by atoms with Crippen LogP contribution in [0.5, 0.6) is 0 Å². The zero-order chi connectivity index (χ0) is 13.1. The molecule has 0 bridgehead atoms. The summed E-state index contributed by atoms with van der Waals surface area (Å²) in [5, 5.41) is 11.4. The first-order valence-electron chi connectivity index (χ1n) is 5.73. The number of amides is 2. The molecule has 6 heteroatoms. The molecule has 1 aliphatic rings. The van der Waals surface area contributed by atoms with E-state index in [0.717, 1.165) is 0 Å². The number of aliphatic hydroxyl groups excluding tert-OH is 1. The van der Waals surface area contributed by atoms with Crippen molar-refractivity contribution < 1.29 is 14.7 Å². The quantitative estimate of drug-likeness (QED) is 0.578. The van der Waals surface area contributed by atoms with Gasteiger partial charge in [-0.2, -0.15) is 4.99 Å². The van der Waals surface area contributed by atoms with Crippen molar-refractivity contribution in [1.29, 1.82) is 0 Å². The van der Waals surface area contributed by atoms with Crippen molar-refractivity contribution in [2.45, 2.75) is 33.1 Å². The monoisotopic (exact) mass is 241 g/mol. The van der Waals surface area contributed by atoms with Crippen molar-refractivity contribution in [1.82, 2.24) is 5.32 Å². The number of rotatable bonds is 5. The minimum absolute atomic E-state index is 0.0845. The number of carbonyl (C=O) groups excluding carboxylic acids is 2. The van der Waals surface area contributed by atoms with Crippen LogP contribution in [-0.2, 0) is 9.59 Å². The zero-order valence-electron chi connectivity index (χ0n) is 10.2. The number of nitrogens with two attached hydrogens (primary N) is 1. The molecular formula is C11H19N3O3. The minimum Gasteiger partial charge on any atom is -0.396 e. The van der Waals surface area contributed by atoms with Gasteiger partial charge < -0.3 is 10.8 Å². The van der Waals surface area contributed by atoms with Gasteiger partial charge in [0.15, 0.2) is 0 Å². The summed E-state index contributed by atoms with van der Waals surface area (Å²) in [5.41, 5.74) is 4.08. The molecule has 0 saturated carbocycles. The lowest BCUT2D eigenvalue weighted by atomic mass is 9.76. The Labute approximate surface area is 100 Å². The molecule has 0 saturated heterocycles. The van der Waals surface area contributed by atoms with Crippen LogP contribution in [0.1, 0.15) is 33.1 Å². The van der Waals surface area contributed by atoms with Crippen LogP contribution in [0.15, 0.2) is 4.99 Å². The van der Waals surface area contributed by atoms with Crippen molar-refractivity contribution in [3.05, 3.63) is 0 Å². The van der Waals surface area contributed by atoms with Crippen LogP contribution in [0, 0.1) is 11.3 Å². The van der Waals surface area contributed by atoms with Crippen LogP contribution in [0.25, 0.3) is 0 Å². The Morgan fingerprint density at radius 3 is 2.53 bits per heavy atom. The summed E-state index contributed by atoms with van der Waals surface area (Å²) in [6.07, 6.45) is 1.18. The SMILES string of the molecule is CC(C)CCC1(CCO)C(=O)N=C(N)NC1=O. The predicted octanol–water partition coefficient (Wildman–Crippen LogP) is -0.238. The summed E-state index contributed by atoms with van der Waals surface area (Å²) in [7, 11) is 0. The van der Waals surface area contributed by atoms with E-state index in [9.17, 15) is 9.59 Å². The van der Waals surface area contributed by atoms with Crippen LogP contribution >= 0.6 is 0 Å². The molecule has 1 heterocycles. The van der Waals surface area contributed by atoms with E-state index in [-0.39, 0.29) is 19.0 Å². The maximum absolute atomic E-state index is 11.9. The Bertz CT molecular complexity index is 352. The highest BCUT2D eigenvalue weighted by molar-refractivity contribution is 6.17. The fraction of sp³-hybridized carbons (Fsp3) is 0.727. The standard InChI is InChI=1S/C11H19N3O3/c1-7(2)3-4-11(5-6-15)8(16)13-10(12)14-9(11)17/h7,15H,3-6H2,1-2H3,(H3,12,13,14,16,17). The van der Waals surface area contributed by atoms with E-state index in [2.05, 4.69) is 10.3 Å². The number of guanidine groups is 1. The third kappa shape index (κ3) is 2.82. The van der Waals surface area contributed by atoms with Crippen LogP contribution in [0.2, 0.25) is 0 Å². The maximum Gasteiger partial charge on any atom is 0.264 e. The third-order valence-corrected chi connectivity index (χ3v) is 2.99. The first kappa shape index (κ1) is 13.6. The van der Waals surface area contributed by atoms with Gasteiger partial charge in [-0.25, -0.2) is 0 Å². The molecule has 1 unspecified atom stereocenters. The molecule has 1 rings (SSSR count). The average molecular weight is 241 g/mol. The molecule has 0 aromatic carbocycles. The second-order valence-corrected chi connectivity index (χ2v) is 4.74. The first-order chi connectivity index (χ1) is 7.92. The fourth-order valence-electron chi connectivity index (χ4n) is 1.87. The van der Waals surface area contributed by atoms with Gasteiger partial charge in [-0.3, -0.25) is 14.9 Å². The Morgan fingerprint density at radius 2 is 2.06 bits per heavy atom. The van der Waals surface area contributed by atoms with Gasteiger partial charge in [0, 0.05) is 6.61 Å². The van der Waals surface area contributed by atoms with Crippen LogP contribution in [0.4, 0.5) is 0 Å². The van der Waals surface area contributed by atoms with Crippen molar-refractivity contribution >= 4 is 17.8 Å².